The van der Waals surface area contributed by atoms with Gasteiger partial charge in [0.05, 0.1) is 0 Å². The second kappa shape index (κ2) is 5.06. The van der Waals surface area contributed by atoms with Gasteiger partial charge in [-0.25, -0.2) is 0 Å². The predicted molar refractivity (Wildman–Crippen MR) is 74.9 cm³/mol. The van der Waals surface area contributed by atoms with Gasteiger partial charge in [-0.05, 0) is 27.5 Å². The number of halogens is 3. The first-order valence-corrected chi connectivity index (χ1v) is 6.65. The van der Waals surface area contributed by atoms with E-state index in [1.54, 1.807) is 6.07 Å². The first-order chi connectivity index (χ1) is 8.76. The third-order valence-corrected chi connectivity index (χ3v) is 3.26. The minimum atomic E-state index is -4.66. The molecule has 0 bridgehead atoms. The molecule has 4 heteroatoms. The monoisotopic (exact) mass is 288 g/mol. The van der Waals surface area contributed by atoms with E-state index in [0.717, 1.165) is 5.56 Å². The van der Waals surface area contributed by atoms with Crippen LogP contribution in [0.15, 0.2) is 18.2 Å². The van der Waals surface area contributed by atoms with Crippen molar-refractivity contribution in [2.45, 2.75) is 64.7 Å². The Bertz CT molecular complexity index is 476. The average molecular weight is 288 g/mol. The molecule has 1 rings (SSSR count). The number of aliphatic hydroxyl groups excluding tert-OH is 1. The molecule has 0 aliphatic carbocycles. The number of hydrogen-bond acceptors (Lipinski definition) is 1. The van der Waals surface area contributed by atoms with Crippen molar-refractivity contribution in [1.29, 1.82) is 0 Å². The Morgan fingerprint density at radius 3 is 1.75 bits per heavy atom. The lowest BCUT2D eigenvalue weighted by Gasteiger charge is -2.33. The SMILES string of the molecule is CC(C)(C)c1cccc(C(O)C(F)(F)F)c1C(C)(C)C. The predicted octanol–water partition coefficient (Wildman–Crippen LogP) is 4.88. The molecule has 1 aromatic carbocycles. The van der Waals surface area contributed by atoms with Crippen LogP contribution in [-0.2, 0) is 10.8 Å². The largest absolute Gasteiger partial charge is 0.418 e. The third-order valence-electron chi connectivity index (χ3n) is 3.26. The van der Waals surface area contributed by atoms with E-state index in [1.807, 2.05) is 47.6 Å². The summed E-state index contributed by atoms with van der Waals surface area (Å²) in [5, 5.41) is 9.67. The normalized spacial score (nSPS) is 15.3. The van der Waals surface area contributed by atoms with Crippen molar-refractivity contribution in [3.63, 3.8) is 0 Å². The Kier molecular flexibility index (Phi) is 4.31. The van der Waals surface area contributed by atoms with Crippen molar-refractivity contribution in [3.05, 3.63) is 34.9 Å². The molecule has 1 atom stereocenters. The third kappa shape index (κ3) is 3.54. The fourth-order valence-electron chi connectivity index (χ4n) is 2.44. The Hall–Kier alpha value is -1.03. The summed E-state index contributed by atoms with van der Waals surface area (Å²) in [6, 6.07) is 4.79. The molecular formula is C16H23F3O. The number of hydrogen-bond donors (Lipinski definition) is 1. The Balaban J connectivity index is 3.63. The van der Waals surface area contributed by atoms with Gasteiger partial charge in [-0.3, -0.25) is 0 Å². The molecule has 1 unspecified atom stereocenters. The molecule has 0 fully saturated rings. The van der Waals surface area contributed by atoms with Crippen LogP contribution in [0.25, 0.3) is 0 Å². The lowest BCUT2D eigenvalue weighted by Crippen LogP contribution is -2.28. The molecule has 0 saturated heterocycles. The molecule has 1 aromatic rings. The maximum absolute atomic E-state index is 12.9. The summed E-state index contributed by atoms with van der Waals surface area (Å²) in [6.07, 6.45) is -7.10. The molecular weight excluding hydrogens is 265 g/mol. The van der Waals surface area contributed by atoms with E-state index in [2.05, 4.69) is 0 Å². The fraction of sp³-hybridized carbons (Fsp3) is 0.625. The van der Waals surface area contributed by atoms with E-state index in [-0.39, 0.29) is 11.0 Å². The highest BCUT2D eigenvalue weighted by Crippen LogP contribution is 2.42. The molecule has 114 valence electrons. The summed E-state index contributed by atoms with van der Waals surface area (Å²) in [5.74, 6) is 0. The van der Waals surface area contributed by atoms with Gasteiger partial charge in [-0.1, -0.05) is 59.7 Å². The van der Waals surface area contributed by atoms with Crippen LogP contribution < -0.4 is 0 Å². The summed E-state index contributed by atoms with van der Waals surface area (Å²) in [7, 11) is 0. The Morgan fingerprint density at radius 1 is 0.900 bits per heavy atom. The van der Waals surface area contributed by atoms with E-state index in [9.17, 15) is 18.3 Å². The molecule has 0 heterocycles. The summed E-state index contributed by atoms with van der Waals surface area (Å²) < 4.78 is 38.6. The maximum Gasteiger partial charge on any atom is 0.418 e. The fourth-order valence-corrected chi connectivity index (χ4v) is 2.44. The van der Waals surface area contributed by atoms with Crippen molar-refractivity contribution in [3.8, 4) is 0 Å². The molecule has 1 N–H and O–H groups in total. The highest BCUT2D eigenvalue weighted by Gasteiger charge is 2.42. The van der Waals surface area contributed by atoms with E-state index >= 15 is 0 Å². The molecule has 0 radical (unpaired) electrons. The van der Waals surface area contributed by atoms with E-state index in [4.69, 9.17) is 0 Å². The van der Waals surface area contributed by atoms with Gasteiger partial charge in [-0.15, -0.1) is 0 Å². The molecule has 0 aliphatic heterocycles. The van der Waals surface area contributed by atoms with Gasteiger partial charge in [0.1, 0.15) is 0 Å². The molecule has 0 spiro atoms. The van der Waals surface area contributed by atoms with Gasteiger partial charge in [0.25, 0.3) is 0 Å². The smallest absolute Gasteiger partial charge is 0.379 e. The second-order valence-electron chi connectivity index (χ2n) is 7.21. The Morgan fingerprint density at radius 2 is 1.40 bits per heavy atom. The van der Waals surface area contributed by atoms with Crippen LogP contribution in [0.3, 0.4) is 0 Å². The van der Waals surface area contributed by atoms with Crippen LogP contribution in [0.2, 0.25) is 0 Å². The van der Waals surface area contributed by atoms with E-state index in [0.29, 0.717) is 5.56 Å². The van der Waals surface area contributed by atoms with Crippen LogP contribution in [0, 0.1) is 0 Å². The molecule has 0 saturated carbocycles. The highest BCUT2D eigenvalue weighted by molar-refractivity contribution is 5.45. The molecule has 0 aromatic heterocycles. The zero-order chi connectivity index (χ0) is 15.9. The standard InChI is InChI=1S/C16H23F3O/c1-14(2,3)11-9-7-8-10(12(11)15(4,5)6)13(20)16(17,18)19/h7-9,13,20H,1-6H3. The summed E-state index contributed by atoms with van der Waals surface area (Å²) in [5.41, 5.74) is 0.607. The average Bonchev–Trinajstić information content (AvgIpc) is 2.23. The number of benzene rings is 1. The van der Waals surface area contributed by atoms with Crippen molar-refractivity contribution in [2.75, 3.05) is 0 Å². The van der Waals surface area contributed by atoms with Gasteiger partial charge in [0, 0.05) is 0 Å². The first kappa shape index (κ1) is 17.0. The minimum Gasteiger partial charge on any atom is -0.379 e. The topological polar surface area (TPSA) is 20.2 Å². The summed E-state index contributed by atoms with van der Waals surface area (Å²) in [6.45, 7) is 11.5. The summed E-state index contributed by atoms with van der Waals surface area (Å²) in [4.78, 5) is 0. The number of alkyl halides is 3. The molecule has 20 heavy (non-hydrogen) atoms. The van der Waals surface area contributed by atoms with Gasteiger partial charge in [0.15, 0.2) is 6.10 Å². The van der Waals surface area contributed by atoms with Crippen LogP contribution in [0.1, 0.15) is 64.3 Å². The van der Waals surface area contributed by atoms with E-state index in [1.165, 1.54) is 6.07 Å². The maximum atomic E-state index is 12.9. The van der Waals surface area contributed by atoms with Crippen LogP contribution in [-0.4, -0.2) is 11.3 Å². The quantitative estimate of drug-likeness (QED) is 0.781. The van der Waals surface area contributed by atoms with Crippen LogP contribution in [0.4, 0.5) is 13.2 Å². The lowest BCUT2D eigenvalue weighted by atomic mass is 9.72. The number of rotatable bonds is 1. The van der Waals surface area contributed by atoms with Gasteiger partial charge < -0.3 is 5.11 Å². The zero-order valence-electron chi connectivity index (χ0n) is 12.9. The van der Waals surface area contributed by atoms with Crippen molar-refractivity contribution in [2.24, 2.45) is 0 Å². The molecule has 1 nitrogen and oxygen atoms in total. The van der Waals surface area contributed by atoms with E-state index < -0.39 is 17.7 Å². The highest BCUT2D eigenvalue weighted by atomic mass is 19.4. The van der Waals surface area contributed by atoms with Crippen molar-refractivity contribution >= 4 is 0 Å². The number of aliphatic hydroxyl groups is 1. The summed E-state index contributed by atoms with van der Waals surface area (Å²) >= 11 is 0. The van der Waals surface area contributed by atoms with Crippen LogP contribution in [0.5, 0.6) is 0 Å². The second-order valence-corrected chi connectivity index (χ2v) is 7.21. The van der Waals surface area contributed by atoms with Gasteiger partial charge in [0.2, 0.25) is 0 Å². The van der Waals surface area contributed by atoms with Crippen molar-refractivity contribution in [1.82, 2.24) is 0 Å². The minimum absolute atomic E-state index is 0.0441. The Labute approximate surface area is 118 Å². The van der Waals surface area contributed by atoms with Crippen LogP contribution >= 0.6 is 0 Å². The van der Waals surface area contributed by atoms with Crippen molar-refractivity contribution < 1.29 is 18.3 Å². The molecule has 0 aliphatic rings. The van der Waals surface area contributed by atoms with Gasteiger partial charge in [-0.2, -0.15) is 13.2 Å². The molecule has 0 amide bonds. The first-order valence-electron chi connectivity index (χ1n) is 6.65. The van der Waals surface area contributed by atoms with Gasteiger partial charge >= 0.3 is 6.18 Å². The zero-order valence-corrected chi connectivity index (χ0v) is 12.9. The lowest BCUT2D eigenvalue weighted by molar-refractivity contribution is -0.207.